The summed E-state index contributed by atoms with van der Waals surface area (Å²) in [6, 6.07) is 10.4. The summed E-state index contributed by atoms with van der Waals surface area (Å²) in [5, 5.41) is 10.3. The molecule has 0 aliphatic heterocycles. The molecule has 5 heteroatoms. The molecule has 106 valence electrons. The summed E-state index contributed by atoms with van der Waals surface area (Å²) in [5.74, 6) is -0.0218. The van der Waals surface area contributed by atoms with Crippen LogP contribution in [0.4, 0.5) is 4.39 Å². The van der Waals surface area contributed by atoms with E-state index in [0.717, 1.165) is 22.0 Å². The van der Waals surface area contributed by atoms with Gasteiger partial charge in [0.2, 0.25) is 0 Å². The number of rotatable bonds is 4. The van der Waals surface area contributed by atoms with Gasteiger partial charge >= 0.3 is 0 Å². The Morgan fingerprint density at radius 1 is 1.05 bits per heavy atom. The first kappa shape index (κ1) is 13.8. The molecule has 0 spiro atoms. The van der Waals surface area contributed by atoms with Crippen molar-refractivity contribution >= 4 is 11.3 Å². The first-order valence-corrected chi connectivity index (χ1v) is 7.59. The largest absolute Gasteiger partial charge is 0.265 e. The fourth-order valence-corrected chi connectivity index (χ4v) is 3.29. The number of halogens is 1. The molecule has 1 atom stereocenters. The van der Waals surface area contributed by atoms with Crippen molar-refractivity contribution in [2.75, 3.05) is 0 Å². The third kappa shape index (κ3) is 2.97. The predicted molar refractivity (Wildman–Crippen MR) is 81.7 cm³/mol. The summed E-state index contributed by atoms with van der Waals surface area (Å²) in [6.07, 6.45) is 4.53. The van der Waals surface area contributed by atoms with Gasteiger partial charge in [0.1, 0.15) is 15.8 Å². The summed E-state index contributed by atoms with van der Waals surface area (Å²) in [7, 11) is 0. The highest BCUT2D eigenvalue weighted by Gasteiger charge is 2.17. The lowest BCUT2D eigenvalue weighted by Crippen LogP contribution is -1.99. The molecular weight excluding hydrogens is 285 g/mol. The number of hydrogen-bond donors (Lipinski definition) is 0. The van der Waals surface area contributed by atoms with Crippen LogP contribution in [0.5, 0.6) is 0 Å². The smallest absolute Gasteiger partial charge is 0.147 e. The van der Waals surface area contributed by atoms with Crippen LogP contribution in [0.25, 0.3) is 10.6 Å². The van der Waals surface area contributed by atoms with E-state index in [1.165, 1.54) is 17.7 Å². The van der Waals surface area contributed by atoms with Gasteiger partial charge in [0.05, 0.1) is 0 Å². The van der Waals surface area contributed by atoms with Gasteiger partial charge in [0.25, 0.3) is 0 Å². The van der Waals surface area contributed by atoms with Crippen molar-refractivity contribution in [3.63, 3.8) is 0 Å². The van der Waals surface area contributed by atoms with Crippen molar-refractivity contribution < 1.29 is 4.39 Å². The van der Waals surface area contributed by atoms with E-state index in [0.29, 0.717) is 0 Å². The van der Waals surface area contributed by atoms with Gasteiger partial charge in [0, 0.05) is 23.9 Å². The summed E-state index contributed by atoms with van der Waals surface area (Å²) in [6.45, 7) is 2.13. The molecule has 0 fully saturated rings. The van der Waals surface area contributed by atoms with Gasteiger partial charge in [-0.1, -0.05) is 18.3 Å². The molecule has 0 aliphatic rings. The number of aromatic nitrogens is 3. The molecule has 21 heavy (non-hydrogen) atoms. The number of hydrogen-bond acceptors (Lipinski definition) is 4. The van der Waals surface area contributed by atoms with Gasteiger partial charge in [-0.3, -0.25) is 4.98 Å². The zero-order valence-corrected chi connectivity index (χ0v) is 12.3. The normalized spacial score (nSPS) is 12.3. The minimum absolute atomic E-state index is 0.222. The van der Waals surface area contributed by atoms with Crippen LogP contribution in [0.1, 0.15) is 29.8 Å². The Kier molecular flexibility index (Phi) is 4.01. The highest BCUT2D eigenvalue weighted by Crippen LogP contribution is 2.33. The fourth-order valence-electron chi connectivity index (χ4n) is 2.23. The van der Waals surface area contributed by atoms with E-state index in [1.54, 1.807) is 35.9 Å². The van der Waals surface area contributed by atoms with Gasteiger partial charge in [-0.25, -0.2) is 4.39 Å². The number of nitrogens with zero attached hydrogens (tertiary/aromatic N) is 3. The Morgan fingerprint density at radius 2 is 1.76 bits per heavy atom. The molecule has 0 bridgehead atoms. The molecule has 0 amide bonds. The number of benzene rings is 1. The monoisotopic (exact) mass is 299 g/mol. The molecule has 0 radical (unpaired) electrons. The van der Waals surface area contributed by atoms with Crippen LogP contribution in [0.15, 0.2) is 48.8 Å². The van der Waals surface area contributed by atoms with Crippen LogP contribution in [0.2, 0.25) is 0 Å². The van der Waals surface area contributed by atoms with E-state index in [9.17, 15) is 4.39 Å². The van der Waals surface area contributed by atoms with Crippen molar-refractivity contribution in [2.24, 2.45) is 0 Å². The Hall–Kier alpha value is -2.14. The zero-order chi connectivity index (χ0) is 14.7. The average Bonchev–Trinajstić information content (AvgIpc) is 2.99. The molecule has 2 aromatic heterocycles. The van der Waals surface area contributed by atoms with Gasteiger partial charge < -0.3 is 0 Å². The lowest BCUT2D eigenvalue weighted by Gasteiger charge is -2.10. The lowest BCUT2D eigenvalue weighted by atomic mass is 9.99. The second-order valence-corrected chi connectivity index (χ2v) is 5.70. The third-order valence-corrected chi connectivity index (χ3v) is 4.43. The molecule has 0 saturated heterocycles. The molecule has 1 unspecified atom stereocenters. The third-order valence-electron chi connectivity index (χ3n) is 3.35. The lowest BCUT2D eigenvalue weighted by molar-refractivity contribution is 0.628. The van der Waals surface area contributed by atoms with Gasteiger partial charge in [-0.05, 0) is 48.4 Å². The minimum atomic E-state index is -0.244. The van der Waals surface area contributed by atoms with Crippen molar-refractivity contribution in [1.29, 1.82) is 0 Å². The highest BCUT2D eigenvalue weighted by molar-refractivity contribution is 7.14. The average molecular weight is 299 g/mol. The van der Waals surface area contributed by atoms with E-state index in [1.807, 2.05) is 12.1 Å². The van der Waals surface area contributed by atoms with Crippen LogP contribution in [0, 0.1) is 5.82 Å². The molecule has 3 rings (SSSR count). The first-order chi connectivity index (χ1) is 10.3. The van der Waals surface area contributed by atoms with Crippen LogP contribution < -0.4 is 0 Å². The highest BCUT2D eigenvalue weighted by atomic mass is 32.1. The van der Waals surface area contributed by atoms with Crippen molar-refractivity contribution in [3.8, 4) is 10.6 Å². The first-order valence-electron chi connectivity index (χ1n) is 6.77. The molecule has 0 saturated carbocycles. The number of pyridine rings is 1. The Bertz CT molecular complexity index is 710. The fraction of sp³-hybridized carbons (Fsp3) is 0.188. The second-order valence-electron chi connectivity index (χ2n) is 4.69. The van der Waals surface area contributed by atoms with Crippen molar-refractivity contribution in [2.45, 2.75) is 19.3 Å². The van der Waals surface area contributed by atoms with Crippen LogP contribution >= 0.6 is 11.3 Å². The Balaban J connectivity index is 1.92. The molecule has 1 aromatic carbocycles. The van der Waals surface area contributed by atoms with E-state index >= 15 is 0 Å². The van der Waals surface area contributed by atoms with Crippen LogP contribution in [0.3, 0.4) is 0 Å². The van der Waals surface area contributed by atoms with Gasteiger partial charge in [-0.2, -0.15) is 0 Å². The molecule has 2 heterocycles. The second kappa shape index (κ2) is 6.10. The molecule has 0 N–H and O–H groups in total. The summed E-state index contributed by atoms with van der Waals surface area (Å²) < 4.78 is 13.0. The van der Waals surface area contributed by atoms with Crippen LogP contribution in [-0.4, -0.2) is 15.2 Å². The summed E-state index contributed by atoms with van der Waals surface area (Å²) in [4.78, 5) is 4.05. The van der Waals surface area contributed by atoms with E-state index in [-0.39, 0.29) is 11.7 Å². The van der Waals surface area contributed by atoms with Gasteiger partial charge in [-0.15, -0.1) is 10.2 Å². The maximum Gasteiger partial charge on any atom is 0.147 e. The van der Waals surface area contributed by atoms with Crippen LogP contribution in [-0.2, 0) is 0 Å². The SMILES string of the molecule is CCC(c1ccncc1)c1nnc(-c2ccc(F)cc2)s1. The summed E-state index contributed by atoms with van der Waals surface area (Å²) in [5.41, 5.74) is 2.08. The van der Waals surface area contributed by atoms with E-state index in [2.05, 4.69) is 22.1 Å². The summed E-state index contributed by atoms with van der Waals surface area (Å²) >= 11 is 1.55. The zero-order valence-electron chi connectivity index (χ0n) is 11.5. The molecule has 3 aromatic rings. The molecule has 0 aliphatic carbocycles. The van der Waals surface area contributed by atoms with E-state index in [4.69, 9.17) is 0 Å². The maximum absolute atomic E-state index is 13.0. The minimum Gasteiger partial charge on any atom is -0.265 e. The van der Waals surface area contributed by atoms with E-state index < -0.39 is 0 Å². The quantitative estimate of drug-likeness (QED) is 0.721. The predicted octanol–water partition coefficient (Wildman–Crippen LogP) is 4.28. The molecular formula is C16H14FN3S. The molecule has 3 nitrogen and oxygen atoms in total. The standard InChI is InChI=1S/C16H14FN3S/c1-2-14(11-7-9-18-10-8-11)16-20-19-15(21-16)12-3-5-13(17)6-4-12/h3-10,14H,2H2,1H3. The topological polar surface area (TPSA) is 38.7 Å². The Morgan fingerprint density at radius 3 is 2.43 bits per heavy atom. The van der Waals surface area contributed by atoms with Crippen molar-refractivity contribution in [3.05, 3.63) is 65.2 Å². The Labute approximate surface area is 126 Å². The maximum atomic E-state index is 13.0. The van der Waals surface area contributed by atoms with Gasteiger partial charge in [0.15, 0.2) is 0 Å². The van der Waals surface area contributed by atoms with Crippen molar-refractivity contribution in [1.82, 2.24) is 15.2 Å².